The number of alkyl halides is 3. The summed E-state index contributed by atoms with van der Waals surface area (Å²) in [7, 11) is 1.23. The van der Waals surface area contributed by atoms with Gasteiger partial charge in [0.1, 0.15) is 17.6 Å². The van der Waals surface area contributed by atoms with Crippen LogP contribution in [0.4, 0.5) is 19.0 Å². The molecule has 1 N–H and O–H groups in total. The smallest absolute Gasteiger partial charge is 0.433 e. The van der Waals surface area contributed by atoms with Crippen molar-refractivity contribution in [3.05, 3.63) is 23.4 Å². The molecule has 1 rings (SSSR count). The summed E-state index contributed by atoms with van der Waals surface area (Å²) < 4.78 is 43.1. The van der Waals surface area contributed by atoms with Gasteiger partial charge in [0, 0.05) is 5.54 Å². The van der Waals surface area contributed by atoms with Crippen LogP contribution in [0.1, 0.15) is 39.0 Å². The van der Waals surface area contributed by atoms with Crippen LogP contribution in [0.5, 0.6) is 0 Å². The number of hydrogen-bond acceptors (Lipinski definition) is 5. The summed E-state index contributed by atoms with van der Waals surface area (Å²) >= 11 is 0. The molecule has 1 aromatic heterocycles. The number of anilines is 1. The molecule has 0 unspecified atom stereocenters. The number of rotatable bonds is 4. The van der Waals surface area contributed by atoms with Crippen LogP contribution in [0.3, 0.4) is 0 Å². The predicted molar refractivity (Wildman–Crippen MR) is 77.5 cm³/mol. The molecule has 8 heteroatoms. The van der Waals surface area contributed by atoms with Crippen molar-refractivity contribution in [2.75, 3.05) is 12.4 Å². The normalized spacial score (nSPS) is 12.5. The molecular weight excluding hydrogens is 311 g/mol. The van der Waals surface area contributed by atoms with Crippen LogP contribution in [0.2, 0.25) is 0 Å². The molecule has 0 radical (unpaired) electrons. The fraction of sp³-hybridized carbons (Fsp3) is 0.533. The van der Waals surface area contributed by atoms with E-state index in [1.165, 1.54) is 7.11 Å². The van der Waals surface area contributed by atoms with Crippen LogP contribution in [0.25, 0.3) is 0 Å². The molecule has 0 aliphatic heterocycles. The first-order valence-electron chi connectivity index (χ1n) is 6.71. The predicted octanol–water partition coefficient (Wildman–Crippen LogP) is 3.36. The topological polar surface area (TPSA) is 75.0 Å². The van der Waals surface area contributed by atoms with Crippen molar-refractivity contribution >= 4 is 11.8 Å². The van der Waals surface area contributed by atoms with Gasteiger partial charge in [0.25, 0.3) is 0 Å². The van der Waals surface area contributed by atoms with Crippen LogP contribution in [-0.2, 0) is 15.7 Å². The first-order valence-corrected chi connectivity index (χ1v) is 6.71. The van der Waals surface area contributed by atoms with E-state index in [-0.39, 0.29) is 11.4 Å². The Balaban J connectivity index is 3.31. The quantitative estimate of drug-likeness (QED) is 0.857. The molecule has 1 aromatic rings. The Hall–Kier alpha value is -2.30. The number of ether oxygens (including phenoxy) is 1. The maximum Gasteiger partial charge on any atom is 0.433 e. The SMILES string of the molecule is COC(=O)C(C)(C)C(C)(C)Nc1nc(C(F)(F)F)ccc1C#N. The van der Waals surface area contributed by atoms with Crippen molar-refractivity contribution in [3.63, 3.8) is 0 Å². The fourth-order valence-corrected chi connectivity index (χ4v) is 1.77. The minimum atomic E-state index is -4.63. The molecule has 0 amide bonds. The first kappa shape index (κ1) is 18.7. The minimum absolute atomic E-state index is 0.0493. The molecule has 0 saturated carbocycles. The summed E-state index contributed by atoms with van der Waals surface area (Å²) in [6, 6.07) is 3.56. The third-order valence-corrected chi connectivity index (χ3v) is 4.00. The number of methoxy groups -OCH3 is 1. The van der Waals surface area contributed by atoms with Gasteiger partial charge in [0.2, 0.25) is 0 Å². The molecular formula is C15H18F3N3O2. The van der Waals surface area contributed by atoms with Crippen LogP contribution in [-0.4, -0.2) is 23.6 Å². The molecule has 0 bridgehead atoms. The van der Waals surface area contributed by atoms with E-state index >= 15 is 0 Å². The van der Waals surface area contributed by atoms with Gasteiger partial charge in [0.15, 0.2) is 0 Å². The Bertz CT molecular complexity index is 646. The zero-order valence-electron chi connectivity index (χ0n) is 13.5. The van der Waals surface area contributed by atoms with Gasteiger partial charge < -0.3 is 10.1 Å². The van der Waals surface area contributed by atoms with E-state index in [1.807, 2.05) is 0 Å². The summed E-state index contributed by atoms with van der Waals surface area (Å²) in [5.74, 6) is -0.773. The van der Waals surface area contributed by atoms with Crippen molar-refractivity contribution < 1.29 is 22.7 Å². The van der Waals surface area contributed by atoms with E-state index in [0.29, 0.717) is 0 Å². The zero-order chi connectivity index (χ0) is 18.1. The van der Waals surface area contributed by atoms with E-state index in [2.05, 4.69) is 10.3 Å². The van der Waals surface area contributed by atoms with Gasteiger partial charge in [-0.15, -0.1) is 0 Å². The highest BCUT2D eigenvalue weighted by Gasteiger charge is 2.45. The Morgan fingerprint density at radius 2 is 1.83 bits per heavy atom. The number of carbonyl (C=O) groups is 1. The summed E-state index contributed by atoms with van der Waals surface area (Å²) in [4.78, 5) is 15.4. The van der Waals surface area contributed by atoms with Crippen molar-refractivity contribution in [2.24, 2.45) is 5.41 Å². The first-order chi connectivity index (χ1) is 10.4. The van der Waals surface area contributed by atoms with E-state index in [9.17, 15) is 18.0 Å². The minimum Gasteiger partial charge on any atom is -0.469 e. The monoisotopic (exact) mass is 329 g/mol. The highest BCUT2D eigenvalue weighted by atomic mass is 19.4. The highest BCUT2D eigenvalue weighted by Crippen LogP contribution is 2.36. The third-order valence-electron chi connectivity index (χ3n) is 4.00. The van der Waals surface area contributed by atoms with E-state index in [0.717, 1.165) is 12.1 Å². The van der Waals surface area contributed by atoms with Crippen LogP contribution < -0.4 is 5.32 Å². The number of nitriles is 1. The van der Waals surface area contributed by atoms with Gasteiger partial charge in [-0.2, -0.15) is 18.4 Å². The summed E-state index contributed by atoms with van der Waals surface area (Å²) in [5.41, 5.74) is -3.27. The average Bonchev–Trinajstić information content (AvgIpc) is 2.44. The Kier molecular flexibility index (Phi) is 4.94. The van der Waals surface area contributed by atoms with Crippen LogP contribution >= 0.6 is 0 Å². The molecule has 0 spiro atoms. The zero-order valence-corrected chi connectivity index (χ0v) is 13.5. The molecule has 1 heterocycles. The second kappa shape index (κ2) is 6.07. The molecule has 0 atom stereocenters. The standard InChI is InChI=1S/C15H18F3N3O2/c1-13(2,12(22)23-5)14(3,4)21-11-9(8-19)6-7-10(20-11)15(16,17)18/h6-7H,1-5H3,(H,20,21). The lowest BCUT2D eigenvalue weighted by molar-refractivity contribution is -0.153. The summed E-state index contributed by atoms with van der Waals surface area (Å²) in [5, 5.41) is 11.8. The maximum atomic E-state index is 12.8. The Morgan fingerprint density at radius 3 is 2.26 bits per heavy atom. The number of halogens is 3. The molecule has 126 valence electrons. The third kappa shape index (κ3) is 3.73. The molecule has 0 fully saturated rings. The van der Waals surface area contributed by atoms with Gasteiger partial charge >= 0.3 is 12.1 Å². The molecule has 0 aliphatic carbocycles. The number of pyridine rings is 1. The van der Waals surface area contributed by atoms with Crippen molar-refractivity contribution in [2.45, 2.75) is 39.4 Å². The summed E-state index contributed by atoms with van der Waals surface area (Å²) in [6.45, 7) is 6.41. The lowest BCUT2D eigenvalue weighted by atomic mass is 9.74. The average molecular weight is 329 g/mol. The molecule has 0 aliphatic rings. The number of hydrogen-bond donors (Lipinski definition) is 1. The largest absolute Gasteiger partial charge is 0.469 e. The molecule has 5 nitrogen and oxygen atoms in total. The Labute approximate surface area is 132 Å². The second-order valence-corrected chi connectivity index (χ2v) is 6.07. The van der Waals surface area contributed by atoms with Crippen molar-refractivity contribution in [3.8, 4) is 6.07 Å². The number of carbonyl (C=O) groups excluding carboxylic acids is 1. The van der Waals surface area contributed by atoms with E-state index in [4.69, 9.17) is 10.00 Å². The fourth-order valence-electron chi connectivity index (χ4n) is 1.77. The number of nitrogens with one attached hydrogen (secondary N) is 1. The lowest BCUT2D eigenvalue weighted by Gasteiger charge is -2.40. The molecule has 23 heavy (non-hydrogen) atoms. The number of aromatic nitrogens is 1. The maximum absolute atomic E-state index is 12.8. The van der Waals surface area contributed by atoms with E-state index in [1.54, 1.807) is 33.8 Å². The highest BCUT2D eigenvalue weighted by molar-refractivity contribution is 5.78. The lowest BCUT2D eigenvalue weighted by Crippen LogP contribution is -2.51. The van der Waals surface area contributed by atoms with Crippen molar-refractivity contribution in [1.82, 2.24) is 4.98 Å². The van der Waals surface area contributed by atoms with Crippen LogP contribution in [0, 0.1) is 16.7 Å². The van der Waals surface area contributed by atoms with Crippen LogP contribution in [0.15, 0.2) is 12.1 Å². The molecule has 0 aromatic carbocycles. The van der Waals surface area contributed by atoms with Gasteiger partial charge in [-0.1, -0.05) is 0 Å². The van der Waals surface area contributed by atoms with E-state index < -0.39 is 28.8 Å². The Morgan fingerprint density at radius 1 is 1.26 bits per heavy atom. The van der Waals surface area contributed by atoms with Crippen molar-refractivity contribution in [1.29, 1.82) is 5.26 Å². The molecule has 0 saturated heterocycles. The number of esters is 1. The summed E-state index contributed by atoms with van der Waals surface area (Å²) in [6.07, 6.45) is -4.63. The number of nitrogens with zero attached hydrogens (tertiary/aromatic N) is 2. The second-order valence-electron chi connectivity index (χ2n) is 6.07. The van der Waals surface area contributed by atoms with Gasteiger partial charge in [-0.3, -0.25) is 4.79 Å². The van der Waals surface area contributed by atoms with Gasteiger partial charge in [-0.25, -0.2) is 4.98 Å². The van der Waals surface area contributed by atoms with Gasteiger partial charge in [0.05, 0.1) is 18.1 Å². The van der Waals surface area contributed by atoms with Gasteiger partial charge in [-0.05, 0) is 39.8 Å².